The normalized spacial score (nSPS) is 10.1. The predicted octanol–water partition coefficient (Wildman–Crippen LogP) is 3.54. The van der Waals surface area contributed by atoms with Gasteiger partial charge in [0, 0.05) is 10.0 Å². The number of carbonyl (C=O) groups is 2. The van der Waals surface area contributed by atoms with Gasteiger partial charge in [-0.15, -0.1) is 0 Å². The van der Waals surface area contributed by atoms with E-state index in [4.69, 9.17) is 5.11 Å². The Morgan fingerprint density at radius 2 is 1.80 bits per heavy atom. The smallest absolute Gasteiger partial charge is 0.335 e. The van der Waals surface area contributed by atoms with E-state index in [1.165, 1.54) is 42.5 Å². The first kappa shape index (κ1) is 14.2. The number of halogens is 2. The third-order valence-electron chi connectivity index (χ3n) is 2.55. The highest BCUT2D eigenvalue weighted by molar-refractivity contribution is 9.10. The maximum absolute atomic E-state index is 12.9. The summed E-state index contributed by atoms with van der Waals surface area (Å²) in [4.78, 5) is 22.9. The second-order valence-electron chi connectivity index (χ2n) is 3.96. The predicted molar refractivity (Wildman–Crippen MR) is 75.5 cm³/mol. The molecule has 0 radical (unpaired) electrons. The minimum Gasteiger partial charge on any atom is -0.478 e. The molecular weight excluding hydrogens is 329 g/mol. The molecule has 0 heterocycles. The summed E-state index contributed by atoms with van der Waals surface area (Å²) in [5.74, 6) is -2.01. The number of rotatable bonds is 3. The SMILES string of the molecule is O=C(O)c1cccc(C(=O)Nc2ccc(F)cc2Br)c1. The second-order valence-corrected chi connectivity index (χ2v) is 4.82. The van der Waals surface area contributed by atoms with Gasteiger partial charge in [-0.2, -0.15) is 0 Å². The van der Waals surface area contributed by atoms with Crippen molar-refractivity contribution in [3.05, 3.63) is 63.9 Å². The Balaban J connectivity index is 2.24. The average molecular weight is 338 g/mol. The highest BCUT2D eigenvalue weighted by Gasteiger charge is 2.11. The van der Waals surface area contributed by atoms with Gasteiger partial charge in [0.1, 0.15) is 5.82 Å². The van der Waals surface area contributed by atoms with Crippen molar-refractivity contribution >= 4 is 33.5 Å². The number of carboxylic acids is 1. The molecule has 0 saturated carbocycles. The van der Waals surface area contributed by atoms with Gasteiger partial charge in [-0.25, -0.2) is 9.18 Å². The standard InChI is InChI=1S/C14H9BrFNO3/c15-11-7-10(16)4-5-12(11)17-13(18)8-2-1-3-9(6-8)14(19)20/h1-7H,(H,17,18)(H,19,20). The molecule has 6 heteroatoms. The van der Waals surface area contributed by atoms with Gasteiger partial charge in [0.15, 0.2) is 0 Å². The van der Waals surface area contributed by atoms with Crippen molar-refractivity contribution in [3.8, 4) is 0 Å². The summed E-state index contributed by atoms with van der Waals surface area (Å²) >= 11 is 3.14. The lowest BCUT2D eigenvalue weighted by Crippen LogP contribution is -2.13. The Labute approximate surface area is 122 Å². The number of aromatic carboxylic acids is 1. The van der Waals surface area contributed by atoms with Crippen LogP contribution in [0.5, 0.6) is 0 Å². The van der Waals surface area contributed by atoms with Crippen LogP contribution < -0.4 is 5.32 Å². The fourth-order valence-electron chi connectivity index (χ4n) is 1.58. The molecule has 0 aliphatic rings. The molecule has 0 bridgehead atoms. The summed E-state index contributed by atoms with van der Waals surface area (Å²) in [6, 6.07) is 9.51. The monoisotopic (exact) mass is 337 g/mol. The van der Waals surface area contributed by atoms with Crippen molar-refractivity contribution in [1.82, 2.24) is 0 Å². The van der Waals surface area contributed by atoms with Gasteiger partial charge in [0.05, 0.1) is 11.3 Å². The number of benzene rings is 2. The highest BCUT2D eigenvalue weighted by Crippen LogP contribution is 2.23. The summed E-state index contributed by atoms with van der Waals surface area (Å²) in [5, 5.41) is 11.4. The fraction of sp³-hybridized carbons (Fsp3) is 0. The van der Waals surface area contributed by atoms with Crippen LogP contribution in [0.4, 0.5) is 10.1 Å². The van der Waals surface area contributed by atoms with Crippen LogP contribution in [0.25, 0.3) is 0 Å². The van der Waals surface area contributed by atoms with Crippen LogP contribution in [-0.2, 0) is 0 Å². The zero-order chi connectivity index (χ0) is 14.7. The Bertz CT molecular complexity index is 688. The van der Waals surface area contributed by atoms with Crippen LogP contribution in [0, 0.1) is 5.82 Å². The fourth-order valence-corrected chi connectivity index (χ4v) is 2.03. The van der Waals surface area contributed by atoms with E-state index >= 15 is 0 Å². The summed E-state index contributed by atoms with van der Waals surface area (Å²) in [5.41, 5.74) is 0.633. The van der Waals surface area contributed by atoms with Crippen LogP contribution >= 0.6 is 15.9 Å². The number of hydrogen-bond acceptors (Lipinski definition) is 2. The van der Waals surface area contributed by atoms with Crippen LogP contribution in [0.2, 0.25) is 0 Å². The minimum absolute atomic E-state index is 0.0239. The van der Waals surface area contributed by atoms with Gasteiger partial charge >= 0.3 is 5.97 Å². The minimum atomic E-state index is -1.11. The number of nitrogens with one attached hydrogen (secondary N) is 1. The van der Waals surface area contributed by atoms with Gasteiger partial charge in [0.25, 0.3) is 5.91 Å². The van der Waals surface area contributed by atoms with E-state index in [-0.39, 0.29) is 11.1 Å². The van der Waals surface area contributed by atoms with Crippen LogP contribution in [0.15, 0.2) is 46.9 Å². The number of anilines is 1. The first-order chi connectivity index (χ1) is 9.47. The van der Waals surface area contributed by atoms with Crippen molar-refractivity contribution in [3.63, 3.8) is 0 Å². The molecular formula is C14H9BrFNO3. The third kappa shape index (κ3) is 3.21. The van der Waals surface area contributed by atoms with Crippen molar-refractivity contribution in [2.24, 2.45) is 0 Å². The largest absolute Gasteiger partial charge is 0.478 e. The molecule has 102 valence electrons. The summed E-state index contributed by atoms with van der Waals surface area (Å²) in [6.07, 6.45) is 0. The Hall–Kier alpha value is -2.21. The van der Waals surface area contributed by atoms with E-state index < -0.39 is 17.7 Å². The maximum Gasteiger partial charge on any atom is 0.335 e. The van der Waals surface area contributed by atoms with Crippen molar-refractivity contribution < 1.29 is 19.1 Å². The number of carbonyl (C=O) groups excluding carboxylic acids is 1. The van der Waals surface area contributed by atoms with Crippen LogP contribution in [-0.4, -0.2) is 17.0 Å². The molecule has 0 atom stereocenters. The Morgan fingerprint density at radius 3 is 2.45 bits per heavy atom. The quantitative estimate of drug-likeness (QED) is 0.900. The van der Waals surface area contributed by atoms with Crippen LogP contribution in [0.3, 0.4) is 0 Å². The molecule has 2 aromatic rings. The van der Waals surface area contributed by atoms with Gasteiger partial charge in [-0.05, 0) is 52.3 Å². The molecule has 0 aliphatic heterocycles. The lowest BCUT2D eigenvalue weighted by atomic mass is 10.1. The molecule has 1 amide bonds. The molecule has 0 unspecified atom stereocenters. The second kappa shape index (κ2) is 5.83. The molecule has 2 N–H and O–H groups in total. The molecule has 0 aliphatic carbocycles. The first-order valence-corrected chi connectivity index (χ1v) is 6.36. The zero-order valence-electron chi connectivity index (χ0n) is 10.1. The van der Waals surface area contributed by atoms with E-state index in [1.54, 1.807) is 0 Å². The average Bonchev–Trinajstić information content (AvgIpc) is 2.42. The Kier molecular flexibility index (Phi) is 4.14. The summed E-state index contributed by atoms with van der Waals surface area (Å²) in [7, 11) is 0. The van der Waals surface area contributed by atoms with Gasteiger partial charge in [-0.3, -0.25) is 4.79 Å². The summed E-state index contributed by atoms with van der Waals surface area (Å²) < 4.78 is 13.3. The molecule has 2 rings (SSSR count). The molecule has 0 saturated heterocycles. The molecule has 0 spiro atoms. The molecule has 20 heavy (non-hydrogen) atoms. The lowest BCUT2D eigenvalue weighted by Gasteiger charge is -2.08. The topological polar surface area (TPSA) is 66.4 Å². The molecule has 4 nitrogen and oxygen atoms in total. The number of carboxylic acid groups (broad SMARTS) is 1. The van der Waals surface area contributed by atoms with E-state index in [0.717, 1.165) is 0 Å². The first-order valence-electron chi connectivity index (χ1n) is 5.57. The molecule has 0 aromatic heterocycles. The highest BCUT2D eigenvalue weighted by atomic mass is 79.9. The van der Waals surface area contributed by atoms with Gasteiger partial charge in [0.2, 0.25) is 0 Å². The zero-order valence-corrected chi connectivity index (χ0v) is 11.6. The number of hydrogen-bond donors (Lipinski definition) is 2. The van der Waals surface area contributed by atoms with Crippen LogP contribution in [0.1, 0.15) is 20.7 Å². The van der Waals surface area contributed by atoms with Crippen molar-refractivity contribution in [1.29, 1.82) is 0 Å². The number of amides is 1. The van der Waals surface area contributed by atoms with Gasteiger partial charge < -0.3 is 10.4 Å². The molecule has 0 fully saturated rings. The Morgan fingerprint density at radius 1 is 1.10 bits per heavy atom. The van der Waals surface area contributed by atoms with E-state index in [2.05, 4.69) is 21.2 Å². The molecule has 2 aromatic carbocycles. The third-order valence-corrected chi connectivity index (χ3v) is 3.21. The van der Waals surface area contributed by atoms with E-state index in [9.17, 15) is 14.0 Å². The van der Waals surface area contributed by atoms with Gasteiger partial charge in [-0.1, -0.05) is 6.07 Å². The lowest BCUT2D eigenvalue weighted by molar-refractivity contribution is 0.0697. The van der Waals surface area contributed by atoms with Crippen molar-refractivity contribution in [2.45, 2.75) is 0 Å². The van der Waals surface area contributed by atoms with E-state index in [1.807, 2.05) is 0 Å². The van der Waals surface area contributed by atoms with E-state index in [0.29, 0.717) is 10.2 Å². The van der Waals surface area contributed by atoms with Crippen molar-refractivity contribution in [2.75, 3.05) is 5.32 Å². The summed E-state index contributed by atoms with van der Waals surface area (Å²) in [6.45, 7) is 0. The maximum atomic E-state index is 12.9.